The zero-order valence-electron chi connectivity index (χ0n) is 29.5. The van der Waals surface area contributed by atoms with Crippen molar-refractivity contribution in [3.05, 3.63) is 206 Å². The third kappa shape index (κ3) is 4.81. The molecule has 0 atom stereocenters. The maximum Gasteiger partial charge on any atom is 0.0547 e. The van der Waals surface area contributed by atoms with Crippen LogP contribution in [0.1, 0.15) is 0 Å². The summed E-state index contributed by atoms with van der Waals surface area (Å²) in [5.41, 5.74) is 14.4. The second-order valence-electron chi connectivity index (χ2n) is 14.2. The van der Waals surface area contributed by atoms with Crippen LogP contribution < -0.4 is 0 Å². The normalized spacial score (nSPS) is 11.7. The van der Waals surface area contributed by atoms with Crippen molar-refractivity contribution in [2.75, 3.05) is 0 Å². The molecule has 0 radical (unpaired) electrons. The molecule has 11 aromatic rings. The second kappa shape index (κ2) is 12.2. The molecule has 2 nitrogen and oxygen atoms in total. The number of hydrogen-bond acceptors (Lipinski definition) is 0. The molecule has 0 saturated heterocycles. The molecule has 9 aromatic carbocycles. The summed E-state index contributed by atoms with van der Waals surface area (Å²) in [6.07, 6.45) is 0. The summed E-state index contributed by atoms with van der Waals surface area (Å²) in [6.45, 7) is 0. The lowest BCUT2D eigenvalue weighted by molar-refractivity contribution is 1.18. The third-order valence-corrected chi connectivity index (χ3v) is 11.1. The van der Waals surface area contributed by atoms with Gasteiger partial charge in [-0.1, -0.05) is 146 Å². The van der Waals surface area contributed by atoms with Gasteiger partial charge in [0.25, 0.3) is 0 Å². The molecule has 0 aliphatic carbocycles. The van der Waals surface area contributed by atoms with Crippen LogP contribution in [0.25, 0.3) is 99.1 Å². The van der Waals surface area contributed by atoms with Crippen molar-refractivity contribution < 1.29 is 0 Å². The minimum Gasteiger partial charge on any atom is -0.309 e. The van der Waals surface area contributed by atoms with Crippen molar-refractivity contribution in [2.24, 2.45) is 0 Å². The maximum absolute atomic E-state index is 2.42. The molecule has 252 valence electrons. The van der Waals surface area contributed by atoms with Crippen molar-refractivity contribution >= 4 is 54.4 Å². The maximum atomic E-state index is 2.42. The standard InChI is InChI=1S/C52H34N2/c1-3-13-35(14-4-1)39-25-28-46-48-33-38(26-29-50(48)53(52(46)34-39)41-18-5-2-6-19-41)37-27-30-51-47(32-37)45-22-9-10-24-49(45)54(51)42-20-11-17-40(31-42)44-23-12-16-36-15-7-8-21-43(36)44/h1-34H. The van der Waals surface area contributed by atoms with Gasteiger partial charge in [-0.05, 0) is 105 Å². The lowest BCUT2D eigenvalue weighted by Gasteiger charge is -2.12. The molecule has 2 heterocycles. The first-order valence-electron chi connectivity index (χ1n) is 18.6. The minimum absolute atomic E-state index is 1.16. The van der Waals surface area contributed by atoms with Crippen LogP contribution in [-0.2, 0) is 0 Å². The van der Waals surface area contributed by atoms with Gasteiger partial charge in [0.05, 0.1) is 22.1 Å². The molecule has 2 heteroatoms. The number of benzene rings is 9. The van der Waals surface area contributed by atoms with Gasteiger partial charge in [-0.15, -0.1) is 0 Å². The Morgan fingerprint density at radius 1 is 0.241 bits per heavy atom. The molecule has 0 N–H and O–H groups in total. The molecule has 2 aromatic heterocycles. The molecule has 0 aliphatic heterocycles. The fourth-order valence-corrected chi connectivity index (χ4v) is 8.59. The Kier molecular flexibility index (Phi) is 6.90. The monoisotopic (exact) mass is 686 g/mol. The van der Waals surface area contributed by atoms with Crippen LogP contribution >= 0.6 is 0 Å². The van der Waals surface area contributed by atoms with Gasteiger partial charge in [-0.2, -0.15) is 0 Å². The average molecular weight is 687 g/mol. The molecular weight excluding hydrogens is 653 g/mol. The number of para-hydroxylation sites is 2. The van der Waals surface area contributed by atoms with Crippen molar-refractivity contribution in [3.63, 3.8) is 0 Å². The van der Waals surface area contributed by atoms with E-state index in [2.05, 4.69) is 215 Å². The average Bonchev–Trinajstić information content (AvgIpc) is 3.76. The van der Waals surface area contributed by atoms with Crippen molar-refractivity contribution in [2.45, 2.75) is 0 Å². The van der Waals surface area contributed by atoms with E-state index in [-0.39, 0.29) is 0 Å². The van der Waals surface area contributed by atoms with E-state index >= 15 is 0 Å². The first-order chi connectivity index (χ1) is 26.8. The molecule has 0 unspecified atom stereocenters. The summed E-state index contributed by atoms with van der Waals surface area (Å²) in [6, 6.07) is 75.2. The molecule has 0 amide bonds. The number of aromatic nitrogens is 2. The SMILES string of the molecule is c1ccc(-c2ccc3c4cc(-c5ccc6c(c5)c5ccccc5n6-c5cccc(-c6cccc7ccccc67)c5)ccc4n(-c4ccccc4)c3c2)cc1. The van der Waals surface area contributed by atoms with Crippen LogP contribution in [-0.4, -0.2) is 9.13 Å². The fourth-order valence-electron chi connectivity index (χ4n) is 8.59. The van der Waals surface area contributed by atoms with Gasteiger partial charge < -0.3 is 9.13 Å². The number of fused-ring (bicyclic) bond motifs is 7. The molecule has 54 heavy (non-hydrogen) atoms. The second-order valence-corrected chi connectivity index (χ2v) is 14.2. The summed E-state index contributed by atoms with van der Waals surface area (Å²) in [5.74, 6) is 0. The Labute approximate surface area is 313 Å². The van der Waals surface area contributed by atoms with Crippen LogP contribution in [0.5, 0.6) is 0 Å². The summed E-state index contributed by atoms with van der Waals surface area (Å²) >= 11 is 0. The number of rotatable bonds is 5. The summed E-state index contributed by atoms with van der Waals surface area (Å²) in [5, 5.41) is 7.52. The quantitative estimate of drug-likeness (QED) is 0.171. The zero-order chi connectivity index (χ0) is 35.6. The van der Waals surface area contributed by atoms with E-state index in [1.54, 1.807) is 0 Å². The molecule has 0 aliphatic rings. The molecule has 0 spiro atoms. The van der Waals surface area contributed by atoms with E-state index in [4.69, 9.17) is 0 Å². The van der Waals surface area contributed by atoms with Gasteiger partial charge in [0.2, 0.25) is 0 Å². The summed E-state index contributed by atoms with van der Waals surface area (Å²) in [7, 11) is 0. The Hall–Kier alpha value is -7.16. The van der Waals surface area contributed by atoms with Gasteiger partial charge in [0.15, 0.2) is 0 Å². The highest BCUT2D eigenvalue weighted by Gasteiger charge is 2.17. The first kappa shape index (κ1) is 30.5. The van der Waals surface area contributed by atoms with Gasteiger partial charge in [0.1, 0.15) is 0 Å². The molecule has 11 rings (SSSR count). The largest absolute Gasteiger partial charge is 0.309 e. The molecule has 0 bridgehead atoms. The van der Waals surface area contributed by atoms with Crippen LogP contribution in [0.15, 0.2) is 206 Å². The molecular formula is C52H34N2. The number of hydrogen-bond donors (Lipinski definition) is 0. The Morgan fingerprint density at radius 2 is 0.759 bits per heavy atom. The topological polar surface area (TPSA) is 9.86 Å². The van der Waals surface area contributed by atoms with E-state index in [0.29, 0.717) is 0 Å². The van der Waals surface area contributed by atoms with Crippen LogP contribution in [0.4, 0.5) is 0 Å². The van der Waals surface area contributed by atoms with Crippen molar-refractivity contribution in [3.8, 4) is 44.8 Å². The first-order valence-corrected chi connectivity index (χ1v) is 18.6. The van der Waals surface area contributed by atoms with E-state index in [0.717, 1.165) is 11.4 Å². The predicted molar refractivity (Wildman–Crippen MR) is 229 cm³/mol. The summed E-state index contributed by atoms with van der Waals surface area (Å²) in [4.78, 5) is 0. The van der Waals surface area contributed by atoms with E-state index in [1.807, 2.05) is 0 Å². The van der Waals surface area contributed by atoms with E-state index < -0.39 is 0 Å². The molecule has 0 saturated carbocycles. The Morgan fingerprint density at radius 3 is 1.54 bits per heavy atom. The fraction of sp³-hybridized carbons (Fsp3) is 0. The zero-order valence-corrected chi connectivity index (χ0v) is 29.5. The van der Waals surface area contributed by atoms with Crippen molar-refractivity contribution in [1.29, 1.82) is 0 Å². The van der Waals surface area contributed by atoms with Gasteiger partial charge in [0, 0.05) is 32.9 Å². The van der Waals surface area contributed by atoms with Crippen LogP contribution in [0.3, 0.4) is 0 Å². The lowest BCUT2D eigenvalue weighted by atomic mass is 9.98. The minimum atomic E-state index is 1.16. The van der Waals surface area contributed by atoms with Gasteiger partial charge in [-0.3, -0.25) is 0 Å². The van der Waals surface area contributed by atoms with Gasteiger partial charge >= 0.3 is 0 Å². The highest BCUT2D eigenvalue weighted by atomic mass is 15.0. The van der Waals surface area contributed by atoms with Crippen LogP contribution in [0, 0.1) is 0 Å². The Balaban J connectivity index is 1.07. The number of nitrogens with zero attached hydrogens (tertiary/aromatic N) is 2. The predicted octanol–water partition coefficient (Wildman–Crippen LogP) is 14.0. The van der Waals surface area contributed by atoms with E-state index in [1.165, 1.54) is 87.8 Å². The summed E-state index contributed by atoms with van der Waals surface area (Å²) < 4.78 is 4.83. The Bertz CT molecular complexity index is 3200. The lowest BCUT2D eigenvalue weighted by Crippen LogP contribution is -1.94. The van der Waals surface area contributed by atoms with Gasteiger partial charge in [-0.25, -0.2) is 0 Å². The van der Waals surface area contributed by atoms with E-state index in [9.17, 15) is 0 Å². The smallest absolute Gasteiger partial charge is 0.0547 e. The highest BCUT2D eigenvalue weighted by molar-refractivity contribution is 6.13. The molecule has 0 fully saturated rings. The van der Waals surface area contributed by atoms with Crippen molar-refractivity contribution in [1.82, 2.24) is 9.13 Å². The highest BCUT2D eigenvalue weighted by Crippen LogP contribution is 2.40. The third-order valence-electron chi connectivity index (χ3n) is 11.1. The van der Waals surface area contributed by atoms with Crippen LogP contribution in [0.2, 0.25) is 0 Å².